The molecule has 0 fully saturated rings. The van der Waals surface area contributed by atoms with Crippen LogP contribution >= 0.6 is 0 Å². The molecule has 0 saturated heterocycles. The molecule has 21 heteroatoms. The summed E-state index contributed by atoms with van der Waals surface area (Å²) in [5, 5.41) is 0. The second-order valence-corrected chi connectivity index (χ2v) is 6.23. The summed E-state index contributed by atoms with van der Waals surface area (Å²) in [7, 11) is 0. The Bertz CT molecular complexity index is 673. The van der Waals surface area contributed by atoms with E-state index in [1.54, 1.807) is 0 Å². The van der Waals surface area contributed by atoms with Crippen molar-refractivity contribution in [3.05, 3.63) is 0 Å². The molecule has 0 amide bonds. The van der Waals surface area contributed by atoms with Crippen LogP contribution in [0.25, 0.3) is 0 Å². The maximum atomic E-state index is 8.58. The van der Waals surface area contributed by atoms with Gasteiger partial charge in [0, 0.05) is 0 Å². The Morgan fingerprint density at radius 2 is 0.333 bits per heavy atom. The van der Waals surface area contributed by atoms with Crippen molar-refractivity contribution in [2.24, 2.45) is 0 Å². The fourth-order valence-electron chi connectivity index (χ4n) is 0. The van der Waals surface area contributed by atoms with Crippen LogP contribution in [0.3, 0.4) is 0 Å². The van der Waals surface area contributed by atoms with E-state index in [2.05, 4.69) is 0 Å². The first-order valence-electron chi connectivity index (χ1n) is 2.47. The van der Waals surface area contributed by atoms with E-state index < -0.39 is 51.9 Å². The topological polar surface area (TPSA) is 297 Å². The van der Waals surface area contributed by atoms with Crippen molar-refractivity contribution in [1.29, 1.82) is 0 Å². The monoisotopic (exact) mass is 550 g/mol. The average molecular weight is 548 g/mol. The minimum absolute atomic E-state index is 0. The molecule has 0 heterocycles. The molecule has 0 atom stereocenters. The van der Waals surface area contributed by atoms with Crippen LogP contribution in [0, 0.1) is 0 Å². The summed E-state index contributed by atoms with van der Waals surface area (Å²) in [5.74, 6) is 0. The third kappa shape index (κ3) is 1770000. The number of hydrogen-bond donors (Lipinski definition) is 0. The van der Waals surface area contributed by atoms with Gasteiger partial charge in [0.2, 0.25) is 0 Å². The molecule has 0 aromatic carbocycles. The van der Waals surface area contributed by atoms with Crippen LogP contribution in [0.5, 0.6) is 0 Å². The molecule has 0 aromatic rings. The molecule has 0 aliphatic rings. The van der Waals surface area contributed by atoms with Gasteiger partial charge in [0.15, 0.2) is 0 Å². The van der Waals surface area contributed by atoms with Crippen LogP contribution in [0.1, 0.15) is 0 Å². The minimum atomic E-state index is -5.62. The SMILES string of the molecule is [Ge+4].[O]=[Mn](=[O])(=[O])[O-].[O]=[Mn](=[O])(=[O])[O-].[O]=[Mn](=[O])(=[O])[O-].[O]=[Mn](=[O])(=[O])[O-]. The van der Waals surface area contributed by atoms with Gasteiger partial charge in [-0.05, 0) is 0 Å². The van der Waals surface area contributed by atoms with Crippen molar-refractivity contribution in [3.8, 4) is 0 Å². The molecule has 16 nitrogen and oxygen atoms in total. The third-order valence-electron chi connectivity index (χ3n) is 0. The Balaban J connectivity index is -0.0000000533. The first kappa shape index (κ1) is 32.9. The van der Waals surface area contributed by atoms with Crippen molar-refractivity contribution in [1.82, 2.24) is 0 Å². The van der Waals surface area contributed by atoms with E-state index in [9.17, 15) is 0 Å². The summed E-state index contributed by atoms with van der Waals surface area (Å²) in [5.41, 5.74) is 0. The molecule has 0 N–H and O–H groups in total. The van der Waals surface area contributed by atoms with Gasteiger partial charge in [-0.25, -0.2) is 0 Å². The summed E-state index contributed by atoms with van der Waals surface area (Å²) >= 11 is -22.5. The van der Waals surface area contributed by atoms with E-state index in [1.807, 2.05) is 0 Å². The molecule has 0 bridgehead atoms. The van der Waals surface area contributed by atoms with Crippen LogP contribution in [-0.4, -0.2) is 17.6 Å². The summed E-state index contributed by atoms with van der Waals surface area (Å²) in [6.45, 7) is 0. The van der Waals surface area contributed by atoms with Gasteiger partial charge >= 0.3 is 132 Å². The van der Waals surface area contributed by atoms with Crippen molar-refractivity contribution in [2.75, 3.05) is 0 Å². The van der Waals surface area contributed by atoms with Crippen molar-refractivity contribution >= 4 is 17.6 Å². The number of hydrogen-bond acceptors (Lipinski definition) is 16. The van der Waals surface area contributed by atoms with E-state index in [1.165, 1.54) is 0 Å². The van der Waals surface area contributed by atoms with Gasteiger partial charge in [-0.3, -0.25) is 0 Å². The molecule has 21 heavy (non-hydrogen) atoms. The van der Waals surface area contributed by atoms with Gasteiger partial charge in [-0.15, -0.1) is 0 Å². The summed E-state index contributed by atoms with van der Waals surface area (Å²) in [6, 6.07) is 0. The predicted molar refractivity (Wildman–Crippen MR) is 14.0 cm³/mol. The van der Waals surface area contributed by atoms with Crippen LogP contribution in [0.2, 0.25) is 0 Å². The average Bonchev–Trinajstić information content (AvgIpc) is 1.62. The second kappa shape index (κ2) is 12.6. The van der Waals surface area contributed by atoms with E-state index in [0.29, 0.717) is 0 Å². The van der Waals surface area contributed by atoms with Gasteiger partial charge in [0.1, 0.15) is 0 Å². The maximum absolute atomic E-state index is 8.58. The van der Waals surface area contributed by atoms with Crippen LogP contribution in [0.4, 0.5) is 0 Å². The molecule has 0 rings (SSSR count). The zero-order chi connectivity index (χ0) is 18.0. The van der Waals surface area contributed by atoms with Gasteiger partial charge in [0.05, 0.1) is 0 Å². The first-order valence-corrected chi connectivity index (χ1v) is 10.2. The Morgan fingerprint density at radius 3 is 0.333 bits per heavy atom. The quantitative estimate of drug-likeness (QED) is 0.254. The van der Waals surface area contributed by atoms with Crippen LogP contribution in [-0.2, 0) is 97.9 Å². The fourth-order valence-corrected chi connectivity index (χ4v) is 0. The van der Waals surface area contributed by atoms with Gasteiger partial charge in [-0.1, -0.05) is 0 Å². The van der Waals surface area contributed by atoms with Crippen molar-refractivity contribution in [2.45, 2.75) is 0 Å². The van der Waals surface area contributed by atoms with Gasteiger partial charge < -0.3 is 0 Å². The molecule has 0 radical (unpaired) electrons. The zero-order valence-corrected chi connectivity index (χ0v) is 15.4. The van der Waals surface area contributed by atoms with E-state index >= 15 is 0 Å². The van der Waals surface area contributed by atoms with Crippen molar-refractivity contribution in [3.63, 3.8) is 0 Å². The van der Waals surface area contributed by atoms with Crippen LogP contribution in [0.15, 0.2) is 0 Å². The Morgan fingerprint density at radius 1 is 0.333 bits per heavy atom. The normalized spacial score (nSPS) is 10.9. The summed E-state index contributed by atoms with van der Waals surface area (Å²) in [4.78, 5) is 0. The predicted octanol–water partition coefficient (Wildman–Crippen LogP) is -6.57. The van der Waals surface area contributed by atoms with Crippen molar-refractivity contribution < 1.29 is 115 Å². The Hall–Kier alpha value is 0.0608. The second-order valence-electron chi connectivity index (χ2n) is 1.51. The van der Waals surface area contributed by atoms with E-state index in [0.717, 1.165) is 0 Å². The van der Waals surface area contributed by atoms with Gasteiger partial charge in [-0.2, -0.15) is 0 Å². The number of rotatable bonds is 0. The molecule has 0 aliphatic heterocycles. The summed E-state index contributed by atoms with van der Waals surface area (Å²) in [6.07, 6.45) is 0. The Kier molecular flexibility index (Phi) is 19.7. The molecule has 0 aromatic heterocycles. The zero-order valence-electron chi connectivity index (χ0n) is 8.54. The third-order valence-corrected chi connectivity index (χ3v) is 0. The van der Waals surface area contributed by atoms with Crippen LogP contribution < -0.4 is 16.8 Å². The van der Waals surface area contributed by atoms with E-state index in [4.69, 9.17) is 62.8 Å². The first-order chi connectivity index (χ1) is 8.00. The Labute approximate surface area is 131 Å². The standard InChI is InChI=1S/Ge.4Mn.16O/q+4;;;;;;;;;;;;;;;;;4*-1. The molecule has 128 valence electrons. The molecule has 0 aliphatic carbocycles. The fraction of sp³-hybridized carbons (Fsp3) is 0. The molecular weight excluding hydrogens is 548 g/mol. The molecule has 0 unspecified atom stereocenters. The van der Waals surface area contributed by atoms with Gasteiger partial charge in [0.25, 0.3) is 0 Å². The molecule has 0 saturated carbocycles. The molecular formula is GeMn4O16. The van der Waals surface area contributed by atoms with E-state index in [-0.39, 0.29) is 17.6 Å². The summed E-state index contributed by atoms with van der Waals surface area (Å²) < 4.78 is 137. The molecule has 0 spiro atoms.